The fourth-order valence-corrected chi connectivity index (χ4v) is 4.42. The molecule has 0 aliphatic carbocycles. The van der Waals surface area contributed by atoms with Gasteiger partial charge >= 0.3 is 0 Å². The van der Waals surface area contributed by atoms with E-state index < -0.39 is 0 Å². The van der Waals surface area contributed by atoms with Crippen LogP contribution in [0.4, 0.5) is 5.69 Å². The summed E-state index contributed by atoms with van der Waals surface area (Å²) in [4.78, 5) is 30.1. The topological polar surface area (TPSA) is 54.8 Å². The van der Waals surface area contributed by atoms with Gasteiger partial charge in [0, 0.05) is 19.9 Å². The van der Waals surface area contributed by atoms with Crippen LogP contribution in [0, 0.1) is 6.92 Å². The molecule has 0 bridgehead atoms. The monoisotopic (exact) mass is 445 g/mol. The largest absolute Gasteiger partial charge is 0.375 e. The number of amides is 2. The van der Waals surface area contributed by atoms with Crippen molar-refractivity contribution in [3.63, 3.8) is 0 Å². The van der Waals surface area contributed by atoms with Gasteiger partial charge in [-0.05, 0) is 43.2 Å². The molecule has 3 aromatic rings. The van der Waals surface area contributed by atoms with Crippen molar-refractivity contribution < 1.29 is 14.3 Å². The minimum atomic E-state index is -0.284. The minimum Gasteiger partial charge on any atom is -0.375 e. The lowest BCUT2D eigenvalue weighted by Crippen LogP contribution is -2.47. The summed E-state index contributed by atoms with van der Waals surface area (Å²) in [5.41, 5.74) is 5.02. The van der Waals surface area contributed by atoms with Gasteiger partial charge in [-0.25, -0.2) is 0 Å². The average molecular weight is 446 g/mol. The maximum Gasteiger partial charge on any atom is 0.249 e. The molecule has 0 fully saturated rings. The minimum absolute atomic E-state index is 0.0135. The molecule has 0 radical (unpaired) electrons. The van der Waals surface area contributed by atoms with Crippen LogP contribution in [0.15, 0.2) is 66.9 Å². The summed E-state index contributed by atoms with van der Waals surface area (Å²) >= 11 is 0. The van der Waals surface area contributed by atoms with Crippen molar-refractivity contribution in [3.8, 4) is 5.69 Å². The third-order valence-electron chi connectivity index (χ3n) is 6.11. The number of aromatic nitrogens is 1. The van der Waals surface area contributed by atoms with Gasteiger partial charge in [0.1, 0.15) is 19.2 Å². The highest BCUT2D eigenvalue weighted by Gasteiger charge is 2.36. The lowest BCUT2D eigenvalue weighted by Gasteiger charge is -2.39. The molecule has 1 unspecified atom stereocenters. The second-order valence-electron chi connectivity index (χ2n) is 8.47. The van der Waals surface area contributed by atoms with Gasteiger partial charge in [-0.15, -0.1) is 0 Å². The third kappa shape index (κ3) is 4.57. The Kier molecular flexibility index (Phi) is 6.94. The summed E-state index contributed by atoms with van der Waals surface area (Å²) in [6.45, 7) is 4.64. The molecule has 0 N–H and O–H groups in total. The molecule has 2 heterocycles. The van der Waals surface area contributed by atoms with Crippen LogP contribution in [-0.2, 0) is 14.3 Å². The number of unbranched alkanes of at least 4 members (excludes halogenated alkanes) is 1. The quantitative estimate of drug-likeness (QED) is 0.513. The Morgan fingerprint density at radius 3 is 2.42 bits per heavy atom. The molecule has 1 aromatic heterocycles. The van der Waals surface area contributed by atoms with Crippen molar-refractivity contribution in [2.24, 2.45) is 0 Å². The molecule has 6 heteroatoms. The van der Waals surface area contributed by atoms with E-state index in [0.717, 1.165) is 35.5 Å². The SMILES string of the molecule is CCCCN(CC(=O)N1c2ccccc2-n2cccc2C1c1ccc(C)cc1)C(=O)COC. The molecule has 4 rings (SSSR count). The van der Waals surface area contributed by atoms with E-state index in [1.165, 1.54) is 12.7 Å². The molecule has 1 aliphatic rings. The summed E-state index contributed by atoms with van der Waals surface area (Å²) in [6, 6.07) is 20.0. The Morgan fingerprint density at radius 1 is 1.00 bits per heavy atom. The van der Waals surface area contributed by atoms with Crippen molar-refractivity contribution >= 4 is 17.5 Å². The maximum absolute atomic E-state index is 13.9. The number of benzene rings is 2. The van der Waals surface area contributed by atoms with Crippen LogP contribution in [0.1, 0.15) is 42.6 Å². The summed E-state index contributed by atoms with van der Waals surface area (Å²) in [6.07, 6.45) is 3.81. The molecule has 33 heavy (non-hydrogen) atoms. The van der Waals surface area contributed by atoms with Crippen LogP contribution in [0.5, 0.6) is 0 Å². The molecule has 2 amide bonds. The van der Waals surface area contributed by atoms with Crippen LogP contribution < -0.4 is 4.90 Å². The van der Waals surface area contributed by atoms with E-state index in [4.69, 9.17) is 4.74 Å². The zero-order valence-electron chi connectivity index (χ0n) is 19.5. The average Bonchev–Trinajstić information content (AvgIpc) is 3.31. The van der Waals surface area contributed by atoms with Gasteiger partial charge in [0.05, 0.1) is 17.1 Å². The first-order chi connectivity index (χ1) is 16.0. The molecule has 1 aliphatic heterocycles. The first kappa shape index (κ1) is 22.8. The van der Waals surface area contributed by atoms with Gasteiger partial charge in [0.15, 0.2) is 0 Å². The van der Waals surface area contributed by atoms with Gasteiger partial charge < -0.3 is 14.2 Å². The number of carbonyl (C=O) groups is 2. The molecule has 1 atom stereocenters. The highest BCUT2D eigenvalue weighted by atomic mass is 16.5. The number of fused-ring (bicyclic) bond motifs is 3. The summed E-state index contributed by atoms with van der Waals surface area (Å²) in [7, 11) is 1.50. The summed E-state index contributed by atoms with van der Waals surface area (Å²) < 4.78 is 7.21. The molecule has 0 saturated carbocycles. The fourth-order valence-electron chi connectivity index (χ4n) is 4.42. The smallest absolute Gasteiger partial charge is 0.249 e. The van der Waals surface area contributed by atoms with Crippen molar-refractivity contribution in [3.05, 3.63) is 83.7 Å². The predicted octanol–water partition coefficient (Wildman–Crippen LogP) is 4.50. The van der Waals surface area contributed by atoms with Crippen molar-refractivity contribution in [1.82, 2.24) is 9.47 Å². The molecule has 172 valence electrons. The number of carbonyl (C=O) groups excluding carboxylic acids is 2. The van der Waals surface area contributed by atoms with Gasteiger partial charge in [-0.1, -0.05) is 55.3 Å². The second kappa shape index (κ2) is 10.0. The van der Waals surface area contributed by atoms with E-state index >= 15 is 0 Å². The van der Waals surface area contributed by atoms with Gasteiger partial charge in [-0.3, -0.25) is 14.5 Å². The van der Waals surface area contributed by atoms with Gasteiger partial charge in [-0.2, -0.15) is 0 Å². The van der Waals surface area contributed by atoms with Crippen LogP contribution in [0.25, 0.3) is 5.69 Å². The van der Waals surface area contributed by atoms with Crippen LogP contribution in [0.3, 0.4) is 0 Å². The zero-order chi connectivity index (χ0) is 23.4. The highest BCUT2D eigenvalue weighted by molar-refractivity contribution is 6.00. The summed E-state index contributed by atoms with van der Waals surface area (Å²) in [5.74, 6) is -0.277. The number of anilines is 1. The molecule has 2 aromatic carbocycles. The highest BCUT2D eigenvalue weighted by Crippen LogP contribution is 2.42. The maximum atomic E-state index is 13.9. The Labute approximate surface area is 195 Å². The second-order valence-corrected chi connectivity index (χ2v) is 8.47. The molecular formula is C27H31N3O3. The van der Waals surface area contributed by atoms with Crippen molar-refractivity contribution in [1.29, 1.82) is 0 Å². The Morgan fingerprint density at radius 2 is 1.73 bits per heavy atom. The van der Waals surface area contributed by atoms with Gasteiger partial charge in [0.25, 0.3) is 0 Å². The standard InChI is InChI=1S/C27H31N3O3/c1-4-5-16-28(26(32)19-33-3)18-25(31)30-23-10-7-6-9-22(23)29-17-8-11-24(29)27(30)21-14-12-20(2)13-15-21/h6-15,17,27H,4-5,16,18-19H2,1-3H3. The van der Waals surface area contributed by atoms with E-state index in [1.807, 2.05) is 41.4 Å². The van der Waals surface area contributed by atoms with E-state index in [0.29, 0.717) is 6.54 Å². The lowest BCUT2D eigenvalue weighted by atomic mass is 9.97. The van der Waals surface area contributed by atoms with Crippen molar-refractivity contribution in [2.45, 2.75) is 32.7 Å². The lowest BCUT2D eigenvalue weighted by molar-refractivity contribution is -0.138. The molecule has 0 spiro atoms. The fraction of sp³-hybridized carbons (Fsp3) is 0.333. The number of ether oxygens (including phenoxy) is 1. The van der Waals surface area contributed by atoms with E-state index in [9.17, 15) is 9.59 Å². The molecular weight excluding hydrogens is 414 g/mol. The first-order valence-electron chi connectivity index (χ1n) is 11.5. The van der Waals surface area contributed by atoms with Gasteiger partial charge in [0.2, 0.25) is 11.8 Å². The molecule has 6 nitrogen and oxygen atoms in total. The Balaban J connectivity index is 1.76. The number of para-hydroxylation sites is 2. The van der Waals surface area contributed by atoms with E-state index in [2.05, 4.69) is 48.7 Å². The number of rotatable bonds is 8. The summed E-state index contributed by atoms with van der Waals surface area (Å²) in [5, 5.41) is 0. The Bertz CT molecular complexity index is 1120. The number of methoxy groups -OCH3 is 1. The number of hydrogen-bond donors (Lipinski definition) is 0. The zero-order valence-corrected chi connectivity index (χ0v) is 19.5. The van der Waals surface area contributed by atoms with E-state index in [-0.39, 0.29) is 31.0 Å². The molecule has 0 saturated heterocycles. The number of nitrogens with zero attached hydrogens (tertiary/aromatic N) is 3. The normalized spacial score (nSPS) is 14.5. The predicted molar refractivity (Wildman–Crippen MR) is 130 cm³/mol. The Hall–Kier alpha value is -3.38. The third-order valence-corrected chi connectivity index (χ3v) is 6.11. The van der Waals surface area contributed by atoms with Crippen LogP contribution >= 0.6 is 0 Å². The van der Waals surface area contributed by atoms with E-state index in [1.54, 1.807) is 4.90 Å². The van der Waals surface area contributed by atoms with Crippen LogP contribution in [0.2, 0.25) is 0 Å². The number of hydrogen-bond acceptors (Lipinski definition) is 3. The number of aryl methyl sites for hydroxylation is 1. The van der Waals surface area contributed by atoms with Crippen LogP contribution in [-0.4, -0.2) is 48.1 Å². The first-order valence-corrected chi connectivity index (χ1v) is 11.5. The van der Waals surface area contributed by atoms with Crippen molar-refractivity contribution in [2.75, 3.05) is 31.7 Å².